The van der Waals surface area contributed by atoms with Crippen molar-refractivity contribution in [3.8, 4) is 0 Å². The first kappa shape index (κ1) is 19.5. The summed E-state index contributed by atoms with van der Waals surface area (Å²) in [6.07, 6.45) is 1.19. The van der Waals surface area contributed by atoms with Crippen LogP contribution < -0.4 is 0 Å². The second-order valence-electron chi connectivity index (χ2n) is 5.85. The van der Waals surface area contributed by atoms with E-state index in [1.807, 2.05) is 0 Å². The zero-order chi connectivity index (χ0) is 15.8. The van der Waals surface area contributed by atoms with E-state index in [0.29, 0.717) is 6.54 Å². The largest absolute Gasteiger partial charge is 0.458 e. The molecular formula is C13H29NO4Si2. The summed E-state index contributed by atoms with van der Waals surface area (Å²) in [6, 6.07) is 0.980. The van der Waals surface area contributed by atoms with Gasteiger partial charge in [-0.15, -0.1) is 0 Å². The van der Waals surface area contributed by atoms with E-state index in [1.54, 1.807) is 0 Å². The van der Waals surface area contributed by atoms with Crippen molar-refractivity contribution in [2.45, 2.75) is 44.8 Å². The number of aliphatic hydroxyl groups excluding tert-OH is 2. The molecule has 7 heteroatoms. The molecule has 118 valence electrons. The highest BCUT2D eigenvalue weighted by Gasteiger charge is 2.24. The van der Waals surface area contributed by atoms with Gasteiger partial charge < -0.3 is 19.2 Å². The molecule has 0 rings (SSSR count). The Morgan fingerprint density at radius 3 is 2.55 bits per heavy atom. The first-order chi connectivity index (χ1) is 9.21. The van der Waals surface area contributed by atoms with Gasteiger partial charge in [0.25, 0.3) is 0 Å². The van der Waals surface area contributed by atoms with Crippen molar-refractivity contribution in [3.05, 3.63) is 12.7 Å². The van der Waals surface area contributed by atoms with E-state index in [2.05, 4.69) is 32.8 Å². The number of hydrogen-bond acceptors (Lipinski definition) is 4. The first-order valence-electron chi connectivity index (χ1n) is 7.10. The molecule has 1 atom stereocenters. The molecule has 5 nitrogen and oxygen atoms in total. The summed E-state index contributed by atoms with van der Waals surface area (Å²) in [6.45, 7) is 12.5. The van der Waals surface area contributed by atoms with Gasteiger partial charge in [-0.2, -0.15) is 0 Å². The Morgan fingerprint density at radius 1 is 1.50 bits per heavy atom. The second-order valence-corrected chi connectivity index (χ2v) is 12.9. The summed E-state index contributed by atoms with van der Waals surface area (Å²) in [5, 5.41) is 18.3. The fourth-order valence-corrected chi connectivity index (χ4v) is 8.71. The Morgan fingerprint density at radius 2 is 2.10 bits per heavy atom. The number of nitrogens with zero attached hydrogens (tertiary/aromatic N) is 1. The van der Waals surface area contributed by atoms with Crippen LogP contribution in [0.2, 0.25) is 32.2 Å². The SMILES string of the molecule is C=CC(=O)N(CCC[Si](C)(C)O[SiH](C)C)CC(O)CO. The summed E-state index contributed by atoms with van der Waals surface area (Å²) in [4.78, 5) is 13.2. The molecule has 0 aliphatic heterocycles. The molecule has 0 aromatic carbocycles. The van der Waals surface area contributed by atoms with E-state index >= 15 is 0 Å². The van der Waals surface area contributed by atoms with Crippen LogP contribution >= 0.6 is 0 Å². The molecule has 2 N–H and O–H groups in total. The van der Waals surface area contributed by atoms with Gasteiger partial charge in [0.1, 0.15) is 0 Å². The van der Waals surface area contributed by atoms with E-state index < -0.39 is 23.5 Å². The van der Waals surface area contributed by atoms with Gasteiger partial charge in [-0.05, 0) is 44.7 Å². The number of amides is 1. The minimum atomic E-state index is -1.64. The molecule has 0 aliphatic carbocycles. The normalized spacial score (nSPS) is 13.3. The quantitative estimate of drug-likeness (QED) is 0.465. The van der Waals surface area contributed by atoms with E-state index in [1.165, 1.54) is 11.0 Å². The van der Waals surface area contributed by atoms with Gasteiger partial charge in [0.05, 0.1) is 12.7 Å². The lowest BCUT2D eigenvalue weighted by Gasteiger charge is -2.28. The maximum atomic E-state index is 11.7. The van der Waals surface area contributed by atoms with Gasteiger partial charge in [-0.3, -0.25) is 4.79 Å². The van der Waals surface area contributed by atoms with Crippen LogP contribution in [0, 0.1) is 0 Å². The number of carbonyl (C=O) groups is 1. The van der Waals surface area contributed by atoms with Crippen molar-refractivity contribution in [1.29, 1.82) is 0 Å². The fourth-order valence-electron chi connectivity index (χ4n) is 2.13. The van der Waals surface area contributed by atoms with Crippen molar-refractivity contribution in [1.82, 2.24) is 4.90 Å². The Bertz CT molecular complexity index is 311. The van der Waals surface area contributed by atoms with E-state index in [4.69, 9.17) is 9.22 Å². The predicted octanol–water partition coefficient (Wildman–Crippen LogP) is 0.949. The average Bonchev–Trinajstić information content (AvgIpc) is 2.34. The Labute approximate surface area is 125 Å². The first-order valence-corrected chi connectivity index (χ1v) is 13.0. The number of aliphatic hydroxyl groups is 2. The summed E-state index contributed by atoms with van der Waals surface area (Å²) in [5.41, 5.74) is 0. The molecule has 0 spiro atoms. The van der Waals surface area contributed by atoms with Crippen molar-refractivity contribution in [2.75, 3.05) is 19.7 Å². The highest BCUT2D eigenvalue weighted by molar-refractivity contribution is 6.77. The fraction of sp³-hybridized carbons (Fsp3) is 0.769. The lowest BCUT2D eigenvalue weighted by atomic mass is 10.3. The zero-order valence-electron chi connectivity index (χ0n) is 13.1. The number of carbonyl (C=O) groups excluding carboxylic acids is 1. The van der Waals surface area contributed by atoms with Crippen LogP contribution in [0.5, 0.6) is 0 Å². The van der Waals surface area contributed by atoms with Gasteiger partial charge in [-0.25, -0.2) is 0 Å². The second kappa shape index (κ2) is 9.46. The van der Waals surface area contributed by atoms with Crippen LogP contribution in [0.15, 0.2) is 12.7 Å². The van der Waals surface area contributed by atoms with Gasteiger partial charge in [-0.1, -0.05) is 6.58 Å². The van der Waals surface area contributed by atoms with E-state index in [0.717, 1.165) is 12.5 Å². The summed E-state index contributed by atoms with van der Waals surface area (Å²) in [5.74, 6) is -0.212. The molecule has 0 bridgehead atoms. The Balaban J connectivity index is 4.32. The average molecular weight is 320 g/mol. The summed E-state index contributed by atoms with van der Waals surface area (Å²) in [7, 11) is -2.67. The van der Waals surface area contributed by atoms with Crippen molar-refractivity contribution in [2.24, 2.45) is 0 Å². The lowest BCUT2D eigenvalue weighted by Crippen LogP contribution is -2.40. The van der Waals surface area contributed by atoms with Gasteiger partial charge in [0.2, 0.25) is 5.91 Å². The zero-order valence-corrected chi connectivity index (χ0v) is 15.3. The molecule has 20 heavy (non-hydrogen) atoms. The van der Waals surface area contributed by atoms with Crippen molar-refractivity contribution in [3.63, 3.8) is 0 Å². The topological polar surface area (TPSA) is 70.0 Å². The van der Waals surface area contributed by atoms with E-state index in [-0.39, 0.29) is 19.1 Å². The third kappa shape index (κ3) is 8.65. The molecule has 0 aliphatic rings. The predicted molar refractivity (Wildman–Crippen MR) is 86.7 cm³/mol. The smallest absolute Gasteiger partial charge is 0.246 e. The summed E-state index contributed by atoms with van der Waals surface area (Å²) < 4.78 is 6.07. The Hall–Kier alpha value is -0.476. The highest BCUT2D eigenvalue weighted by Crippen LogP contribution is 2.15. The highest BCUT2D eigenvalue weighted by atomic mass is 28.4. The van der Waals surface area contributed by atoms with Crippen LogP contribution in [-0.2, 0) is 8.91 Å². The van der Waals surface area contributed by atoms with Gasteiger partial charge >= 0.3 is 0 Å². The molecule has 1 unspecified atom stereocenters. The van der Waals surface area contributed by atoms with Crippen LogP contribution in [0.25, 0.3) is 0 Å². The van der Waals surface area contributed by atoms with Crippen LogP contribution in [0.1, 0.15) is 6.42 Å². The molecular weight excluding hydrogens is 290 g/mol. The lowest BCUT2D eigenvalue weighted by molar-refractivity contribution is -0.127. The molecule has 0 aromatic heterocycles. The van der Waals surface area contributed by atoms with Gasteiger partial charge in [0.15, 0.2) is 17.4 Å². The number of rotatable bonds is 10. The molecule has 0 heterocycles. The van der Waals surface area contributed by atoms with Crippen molar-refractivity contribution < 1.29 is 19.1 Å². The third-order valence-corrected chi connectivity index (χ3v) is 8.89. The van der Waals surface area contributed by atoms with Crippen molar-refractivity contribution >= 4 is 23.3 Å². The van der Waals surface area contributed by atoms with E-state index in [9.17, 15) is 9.90 Å². The molecule has 1 amide bonds. The molecule has 0 radical (unpaired) electrons. The van der Waals surface area contributed by atoms with Crippen LogP contribution in [0.4, 0.5) is 0 Å². The molecule has 0 saturated heterocycles. The minimum absolute atomic E-state index is 0.142. The maximum absolute atomic E-state index is 11.7. The molecule has 0 aromatic rings. The number of hydrogen-bond donors (Lipinski definition) is 2. The van der Waals surface area contributed by atoms with Crippen LogP contribution in [-0.4, -0.2) is 64.2 Å². The monoisotopic (exact) mass is 319 g/mol. The molecule has 0 fully saturated rings. The minimum Gasteiger partial charge on any atom is -0.458 e. The molecule has 0 saturated carbocycles. The summed E-state index contributed by atoms with van der Waals surface area (Å²) >= 11 is 0. The standard InChI is InChI=1S/C13H29NO4Si2/c1-6-13(17)14(10-12(16)11-15)8-7-9-20(4,5)18-19(2)3/h6,12,15-16,19H,1,7-11H2,2-5H3. The Kier molecular flexibility index (Phi) is 9.23. The maximum Gasteiger partial charge on any atom is 0.246 e. The third-order valence-electron chi connectivity index (χ3n) is 2.89. The van der Waals surface area contributed by atoms with Crippen LogP contribution in [0.3, 0.4) is 0 Å². The van der Waals surface area contributed by atoms with Gasteiger partial charge in [0, 0.05) is 13.1 Å².